The van der Waals surface area contributed by atoms with Crippen LogP contribution in [0.1, 0.15) is 33.5 Å². The summed E-state index contributed by atoms with van der Waals surface area (Å²) in [6.45, 7) is 8.35. The summed E-state index contributed by atoms with van der Waals surface area (Å²) in [5.41, 5.74) is 0.384. The number of carbonyl (C=O) groups excluding carboxylic acids is 2. The van der Waals surface area contributed by atoms with E-state index in [2.05, 4.69) is 20.8 Å². The molecule has 3 rings (SSSR count). The molecular weight excluding hydrogens is 398 g/mol. The maximum Gasteiger partial charge on any atom is 0.324 e. The number of hydrogen-bond donors (Lipinski definition) is 2. The lowest BCUT2D eigenvalue weighted by Crippen LogP contribution is -2.21. The Bertz CT molecular complexity index is 1040. The number of aromatic nitrogens is 2. The molecule has 1 aromatic carbocycles. The summed E-state index contributed by atoms with van der Waals surface area (Å²) in [6, 6.07) is 11.5. The molecule has 0 fully saturated rings. The Labute approximate surface area is 180 Å². The highest BCUT2D eigenvalue weighted by Crippen LogP contribution is 2.26. The van der Waals surface area contributed by atoms with Crippen LogP contribution in [0.15, 0.2) is 53.2 Å². The van der Waals surface area contributed by atoms with Crippen molar-refractivity contribution in [3.63, 3.8) is 0 Å². The standard InChI is InChI=1S/C22H25N5O4/c1-5-27(14-28)20-12-17(10-11-23-20)30-16-8-6-15(7-9-16)24-21(29)25-19-13-18(31-26-19)22(2,3)4/h6-14H,5H2,1-4H3,(H2,24,25,26,29). The van der Waals surface area contributed by atoms with Crippen molar-refractivity contribution in [3.8, 4) is 11.5 Å². The number of carbonyl (C=O) groups is 2. The van der Waals surface area contributed by atoms with Gasteiger partial charge in [-0.05, 0) is 37.3 Å². The van der Waals surface area contributed by atoms with Gasteiger partial charge in [-0.25, -0.2) is 9.78 Å². The topological polar surface area (TPSA) is 110 Å². The zero-order valence-electron chi connectivity index (χ0n) is 17.9. The van der Waals surface area contributed by atoms with Gasteiger partial charge in [0.15, 0.2) is 5.82 Å². The molecule has 2 heterocycles. The molecule has 2 N–H and O–H groups in total. The number of pyridine rings is 1. The number of anilines is 3. The van der Waals surface area contributed by atoms with Crippen LogP contribution >= 0.6 is 0 Å². The van der Waals surface area contributed by atoms with Crippen LogP contribution in [-0.2, 0) is 10.2 Å². The lowest BCUT2D eigenvalue weighted by molar-refractivity contribution is -0.107. The number of benzene rings is 1. The maximum absolute atomic E-state index is 12.2. The van der Waals surface area contributed by atoms with Gasteiger partial charge in [0, 0.05) is 36.0 Å². The predicted octanol–water partition coefficient (Wildman–Crippen LogP) is 4.79. The third-order valence-electron chi connectivity index (χ3n) is 4.32. The van der Waals surface area contributed by atoms with Crippen LogP contribution < -0.4 is 20.3 Å². The smallest absolute Gasteiger partial charge is 0.324 e. The fourth-order valence-corrected chi connectivity index (χ4v) is 2.62. The van der Waals surface area contributed by atoms with Crippen LogP contribution in [0.25, 0.3) is 0 Å². The number of ether oxygens (including phenoxy) is 1. The van der Waals surface area contributed by atoms with E-state index in [1.807, 2.05) is 27.7 Å². The van der Waals surface area contributed by atoms with Crippen LogP contribution in [0.4, 0.5) is 22.1 Å². The van der Waals surface area contributed by atoms with Crippen molar-refractivity contribution in [3.05, 3.63) is 54.4 Å². The highest BCUT2D eigenvalue weighted by Gasteiger charge is 2.20. The van der Waals surface area contributed by atoms with Gasteiger partial charge in [0.1, 0.15) is 23.1 Å². The van der Waals surface area contributed by atoms with Crippen molar-refractivity contribution in [2.75, 3.05) is 22.1 Å². The van der Waals surface area contributed by atoms with E-state index >= 15 is 0 Å². The van der Waals surface area contributed by atoms with Crippen molar-refractivity contribution < 1.29 is 18.8 Å². The number of rotatable bonds is 7. The Balaban J connectivity index is 1.59. The van der Waals surface area contributed by atoms with Crippen LogP contribution in [0.5, 0.6) is 11.5 Å². The number of urea groups is 1. The minimum Gasteiger partial charge on any atom is -0.457 e. The zero-order valence-corrected chi connectivity index (χ0v) is 17.9. The van der Waals surface area contributed by atoms with E-state index in [4.69, 9.17) is 9.26 Å². The lowest BCUT2D eigenvalue weighted by Gasteiger charge is -2.14. The number of nitrogens with one attached hydrogen (secondary N) is 2. The molecule has 0 saturated heterocycles. The summed E-state index contributed by atoms with van der Waals surface area (Å²) in [5.74, 6) is 2.64. The van der Waals surface area contributed by atoms with E-state index in [1.54, 1.807) is 48.7 Å². The van der Waals surface area contributed by atoms with Crippen molar-refractivity contribution >= 4 is 29.8 Å². The second kappa shape index (κ2) is 9.29. The molecule has 0 atom stereocenters. The highest BCUT2D eigenvalue weighted by molar-refractivity contribution is 5.99. The Morgan fingerprint density at radius 3 is 2.48 bits per heavy atom. The van der Waals surface area contributed by atoms with Gasteiger partial charge >= 0.3 is 6.03 Å². The predicted molar refractivity (Wildman–Crippen MR) is 118 cm³/mol. The summed E-state index contributed by atoms with van der Waals surface area (Å²) >= 11 is 0. The van der Waals surface area contributed by atoms with Crippen LogP contribution in [0.2, 0.25) is 0 Å². The first-order valence-corrected chi connectivity index (χ1v) is 9.79. The van der Waals surface area contributed by atoms with Crippen molar-refractivity contribution in [2.24, 2.45) is 0 Å². The van der Waals surface area contributed by atoms with E-state index in [1.165, 1.54) is 4.90 Å². The minimum absolute atomic E-state index is 0.198. The third kappa shape index (κ3) is 5.81. The Morgan fingerprint density at radius 1 is 1.13 bits per heavy atom. The van der Waals surface area contributed by atoms with E-state index in [0.717, 1.165) is 6.41 Å². The first-order chi connectivity index (χ1) is 14.8. The van der Waals surface area contributed by atoms with Crippen LogP contribution in [0, 0.1) is 0 Å². The number of nitrogens with zero attached hydrogens (tertiary/aromatic N) is 3. The Kier molecular flexibility index (Phi) is 6.54. The SMILES string of the molecule is CCN(C=O)c1cc(Oc2ccc(NC(=O)Nc3cc(C(C)(C)C)on3)cc2)ccn1. The van der Waals surface area contributed by atoms with Gasteiger partial charge in [-0.3, -0.25) is 15.0 Å². The van der Waals surface area contributed by atoms with Crippen molar-refractivity contribution in [1.82, 2.24) is 10.1 Å². The normalized spacial score (nSPS) is 11.0. The summed E-state index contributed by atoms with van der Waals surface area (Å²) in [6.07, 6.45) is 2.30. The molecule has 0 aliphatic heterocycles. The molecule has 162 valence electrons. The van der Waals surface area contributed by atoms with Gasteiger partial charge in [0.2, 0.25) is 6.41 Å². The Hall–Kier alpha value is -3.88. The van der Waals surface area contributed by atoms with Gasteiger partial charge in [-0.1, -0.05) is 25.9 Å². The molecular formula is C22H25N5O4. The van der Waals surface area contributed by atoms with Gasteiger partial charge in [0.05, 0.1) is 0 Å². The van der Waals surface area contributed by atoms with Crippen molar-refractivity contribution in [1.29, 1.82) is 0 Å². The second-order valence-corrected chi connectivity index (χ2v) is 7.77. The average molecular weight is 423 g/mol. The molecule has 9 nitrogen and oxygen atoms in total. The number of hydrogen-bond acceptors (Lipinski definition) is 6. The molecule has 0 aliphatic carbocycles. The molecule has 0 unspecified atom stereocenters. The van der Waals surface area contributed by atoms with Gasteiger partial charge in [0.25, 0.3) is 0 Å². The third-order valence-corrected chi connectivity index (χ3v) is 4.32. The molecule has 0 spiro atoms. The first-order valence-electron chi connectivity index (χ1n) is 9.79. The fraction of sp³-hybridized carbons (Fsp3) is 0.273. The number of amides is 3. The maximum atomic E-state index is 12.2. The van der Waals surface area contributed by atoms with Crippen LogP contribution in [-0.4, -0.2) is 29.1 Å². The summed E-state index contributed by atoms with van der Waals surface area (Å²) in [5, 5.41) is 9.22. The second-order valence-electron chi connectivity index (χ2n) is 7.77. The van der Waals surface area contributed by atoms with E-state index in [-0.39, 0.29) is 5.41 Å². The largest absolute Gasteiger partial charge is 0.457 e. The molecule has 9 heteroatoms. The van der Waals surface area contributed by atoms with Gasteiger partial charge in [-0.2, -0.15) is 0 Å². The summed E-state index contributed by atoms with van der Waals surface area (Å²) < 4.78 is 11.1. The van der Waals surface area contributed by atoms with E-state index in [0.29, 0.717) is 41.1 Å². The van der Waals surface area contributed by atoms with Gasteiger partial charge in [-0.15, -0.1) is 0 Å². The van der Waals surface area contributed by atoms with Gasteiger partial charge < -0.3 is 14.6 Å². The minimum atomic E-state index is -0.435. The Morgan fingerprint density at radius 2 is 1.87 bits per heavy atom. The quantitative estimate of drug-likeness (QED) is 0.529. The van der Waals surface area contributed by atoms with E-state index < -0.39 is 6.03 Å². The molecule has 0 radical (unpaired) electrons. The first kappa shape index (κ1) is 21.8. The highest BCUT2D eigenvalue weighted by atomic mass is 16.5. The molecule has 0 aliphatic rings. The fourth-order valence-electron chi connectivity index (χ4n) is 2.62. The monoisotopic (exact) mass is 423 g/mol. The lowest BCUT2D eigenvalue weighted by atomic mass is 9.93. The molecule has 31 heavy (non-hydrogen) atoms. The van der Waals surface area contributed by atoms with Crippen molar-refractivity contribution in [2.45, 2.75) is 33.1 Å². The zero-order chi connectivity index (χ0) is 22.4. The molecule has 3 aromatic rings. The molecule has 0 saturated carbocycles. The van der Waals surface area contributed by atoms with Crippen LogP contribution in [0.3, 0.4) is 0 Å². The molecule has 0 bridgehead atoms. The summed E-state index contributed by atoms with van der Waals surface area (Å²) in [7, 11) is 0. The molecule has 3 amide bonds. The average Bonchev–Trinajstić information content (AvgIpc) is 3.20. The van der Waals surface area contributed by atoms with E-state index in [9.17, 15) is 9.59 Å². The summed E-state index contributed by atoms with van der Waals surface area (Å²) in [4.78, 5) is 28.9. The molecule has 2 aromatic heterocycles.